The number of anilines is 3. The zero-order valence-corrected chi connectivity index (χ0v) is 37.7. The number of para-hydroxylation sites is 3. The van der Waals surface area contributed by atoms with Crippen LogP contribution in [0.4, 0.5) is 17.1 Å². The van der Waals surface area contributed by atoms with Crippen LogP contribution in [0.2, 0.25) is 0 Å². The summed E-state index contributed by atoms with van der Waals surface area (Å²) < 4.78 is 2.40. The molecule has 2 aromatic heterocycles. The standard InChI is InChI=1S/C66H43N3/c1-4-21-46(22-5-1)66(47-23-6-2-7-24-47)57-31-15-12-28-52(57)53-40-39-50(43-58(53)66)68(60-34-18-20-44-19-10-11-27-51(44)60)49-37-35-45(36-38-49)65-56-41-42-62-64(63(56)54-29-13-16-32-59(54)67-65)55-30-14-17-33-61(55)69(62)48-25-8-3-9-26-48/h1-43H. The van der Waals surface area contributed by atoms with Gasteiger partial charge in [-0.3, -0.25) is 0 Å². The van der Waals surface area contributed by atoms with E-state index in [-0.39, 0.29) is 0 Å². The van der Waals surface area contributed by atoms with E-state index in [1.165, 1.54) is 71.3 Å². The fourth-order valence-electron chi connectivity index (χ4n) is 11.7. The number of rotatable bonds is 7. The maximum absolute atomic E-state index is 5.47. The average molecular weight is 878 g/mol. The van der Waals surface area contributed by atoms with Crippen LogP contribution in [0, 0.1) is 0 Å². The van der Waals surface area contributed by atoms with Gasteiger partial charge in [-0.05, 0) is 99.4 Å². The Morgan fingerprint density at radius 2 is 0.986 bits per heavy atom. The van der Waals surface area contributed by atoms with Crippen molar-refractivity contribution in [2.24, 2.45) is 0 Å². The molecule has 13 aromatic rings. The van der Waals surface area contributed by atoms with Crippen molar-refractivity contribution in [1.29, 1.82) is 0 Å². The Balaban J connectivity index is 0.986. The fraction of sp³-hybridized carbons (Fsp3) is 0.0152. The van der Waals surface area contributed by atoms with Gasteiger partial charge < -0.3 is 9.47 Å². The number of benzene rings is 11. The Labute approximate surface area is 400 Å². The maximum Gasteiger partial charge on any atom is 0.0788 e. The summed E-state index contributed by atoms with van der Waals surface area (Å²) in [6.07, 6.45) is 0. The van der Waals surface area contributed by atoms with E-state index in [9.17, 15) is 0 Å². The minimum atomic E-state index is -0.527. The fourth-order valence-corrected chi connectivity index (χ4v) is 11.7. The van der Waals surface area contributed by atoms with Crippen LogP contribution in [0.25, 0.3) is 82.3 Å². The second-order valence-corrected chi connectivity index (χ2v) is 18.2. The summed E-state index contributed by atoms with van der Waals surface area (Å²) in [6, 6.07) is 95.4. The molecule has 0 saturated heterocycles. The normalized spacial score (nSPS) is 12.8. The molecule has 0 saturated carbocycles. The number of hydrogen-bond acceptors (Lipinski definition) is 2. The van der Waals surface area contributed by atoms with Crippen molar-refractivity contribution in [3.8, 4) is 28.1 Å². The Hall–Kier alpha value is -9.05. The van der Waals surface area contributed by atoms with E-state index in [2.05, 4.69) is 270 Å². The molecule has 3 nitrogen and oxygen atoms in total. The molecule has 11 aromatic carbocycles. The highest BCUT2D eigenvalue weighted by Crippen LogP contribution is 2.57. The van der Waals surface area contributed by atoms with Gasteiger partial charge in [0.05, 0.1) is 33.3 Å². The molecule has 0 spiro atoms. The van der Waals surface area contributed by atoms with Gasteiger partial charge in [-0.1, -0.05) is 200 Å². The third-order valence-electron chi connectivity index (χ3n) is 14.6. The van der Waals surface area contributed by atoms with Crippen LogP contribution in [-0.2, 0) is 5.41 Å². The van der Waals surface area contributed by atoms with E-state index in [0.29, 0.717) is 0 Å². The quantitative estimate of drug-likeness (QED) is 0.149. The Kier molecular flexibility index (Phi) is 8.80. The largest absolute Gasteiger partial charge is 0.310 e. The first-order valence-corrected chi connectivity index (χ1v) is 23.8. The van der Waals surface area contributed by atoms with Crippen LogP contribution >= 0.6 is 0 Å². The van der Waals surface area contributed by atoms with E-state index in [4.69, 9.17) is 4.98 Å². The van der Waals surface area contributed by atoms with Crippen molar-refractivity contribution in [3.63, 3.8) is 0 Å². The minimum absolute atomic E-state index is 0.527. The summed E-state index contributed by atoms with van der Waals surface area (Å²) in [5.41, 5.74) is 16.9. The lowest BCUT2D eigenvalue weighted by Gasteiger charge is -2.35. The second kappa shape index (κ2) is 15.5. The summed E-state index contributed by atoms with van der Waals surface area (Å²) in [5, 5.41) is 8.35. The summed E-state index contributed by atoms with van der Waals surface area (Å²) >= 11 is 0. The molecule has 0 unspecified atom stereocenters. The molecule has 1 aliphatic rings. The van der Waals surface area contributed by atoms with E-state index < -0.39 is 5.41 Å². The molecule has 69 heavy (non-hydrogen) atoms. The van der Waals surface area contributed by atoms with Gasteiger partial charge in [0, 0.05) is 54.9 Å². The van der Waals surface area contributed by atoms with Crippen molar-refractivity contribution in [2.75, 3.05) is 4.90 Å². The van der Waals surface area contributed by atoms with Gasteiger partial charge in [0.15, 0.2) is 0 Å². The first-order chi connectivity index (χ1) is 34.3. The molecule has 322 valence electrons. The van der Waals surface area contributed by atoms with Crippen LogP contribution in [0.1, 0.15) is 22.3 Å². The van der Waals surface area contributed by atoms with E-state index >= 15 is 0 Å². The van der Waals surface area contributed by atoms with Gasteiger partial charge in [-0.25, -0.2) is 4.98 Å². The molecule has 0 radical (unpaired) electrons. The molecular formula is C66H43N3. The summed E-state index contributed by atoms with van der Waals surface area (Å²) in [6.45, 7) is 0. The molecule has 0 fully saturated rings. The van der Waals surface area contributed by atoms with Crippen molar-refractivity contribution in [1.82, 2.24) is 9.55 Å². The van der Waals surface area contributed by atoms with Gasteiger partial charge in [0.2, 0.25) is 0 Å². The number of aromatic nitrogens is 2. The highest BCUT2D eigenvalue weighted by Gasteiger charge is 2.46. The summed E-state index contributed by atoms with van der Waals surface area (Å²) in [4.78, 5) is 7.92. The van der Waals surface area contributed by atoms with Crippen molar-refractivity contribution < 1.29 is 0 Å². The Bertz CT molecular complexity index is 4070. The number of nitrogens with zero attached hydrogens (tertiary/aromatic N) is 3. The first kappa shape index (κ1) is 39.1. The molecule has 0 bridgehead atoms. The SMILES string of the molecule is c1ccc(-n2c3ccccc3c3c4c(ccc32)c(-c2ccc(N(c3ccc5c(c3)C(c3ccccc3)(c3ccccc3)c3ccccc3-5)c3cccc5ccccc35)cc2)nc2ccccc24)cc1. The van der Waals surface area contributed by atoms with E-state index in [1.54, 1.807) is 0 Å². The number of pyridine rings is 1. The molecule has 0 aliphatic heterocycles. The third-order valence-corrected chi connectivity index (χ3v) is 14.6. The average Bonchev–Trinajstić information content (AvgIpc) is 3.92. The molecule has 2 heterocycles. The van der Waals surface area contributed by atoms with Crippen molar-refractivity contribution in [3.05, 3.63) is 283 Å². The smallest absolute Gasteiger partial charge is 0.0788 e. The third kappa shape index (κ3) is 5.84. The number of hydrogen-bond donors (Lipinski definition) is 0. The molecule has 0 atom stereocenters. The van der Waals surface area contributed by atoms with Crippen LogP contribution in [-0.4, -0.2) is 9.55 Å². The Morgan fingerprint density at radius 1 is 0.377 bits per heavy atom. The van der Waals surface area contributed by atoms with E-state index in [0.717, 1.165) is 50.3 Å². The van der Waals surface area contributed by atoms with Crippen molar-refractivity contribution in [2.45, 2.75) is 5.41 Å². The monoisotopic (exact) mass is 877 g/mol. The van der Waals surface area contributed by atoms with Gasteiger partial charge in [-0.15, -0.1) is 0 Å². The second-order valence-electron chi connectivity index (χ2n) is 18.2. The Morgan fingerprint density at radius 3 is 1.77 bits per heavy atom. The molecule has 1 aliphatic carbocycles. The van der Waals surface area contributed by atoms with Gasteiger partial charge in [0.1, 0.15) is 0 Å². The van der Waals surface area contributed by atoms with Crippen LogP contribution in [0.15, 0.2) is 261 Å². The maximum atomic E-state index is 5.47. The lowest BCUT2D eigenvalue weighted by molar-refractivity contribution is 0.768. The van der Waals surface area contributed by atoms with Crippen LogP contribution < -0.4 is 4.90 Å². The van der Waals surface area contributed by atoms with Crippen molar-refractivity contribution >= 4 is 71.3 Å². The molecule has 14 rings (SSSR count). The predicted octanol–water partition coefficient (Wildman–Crippen LogP) is 17.1. The zero-order valence-electron chi connectivity index (χ0n) is 37.7. The van der Waals surface area contributed by atoms with Crippen LogP contribution in [0.3, 0.4) is 0 Å². The van der Waals surface area contributed by atoms with Gasteiger partial charge >= 0.3 is 0 Å². The molecule has 3 heteroatoms. The predicted molar refractivity (Wildman–Crippen MR) is 289 cm³/mol. The molecule has 0 amide bonds. The number of fused-ring (bicyclic) bond motifs is 11. The first-order valence-electron chi connectivity index (χ1n) is 23.8. The van der Waals surface area contributed by atoms with Gasteiger partial charge in [0.25, 0.3) is 0 Å². The summed E-state index contributed by atoms with van der Waals surface area (Å²) in [5.74, 6) is 0. The lowest BCUT2D eigenvalue weighted by atomic mass is 9.67. The van der Waals surface area contributed by atoms with E-state index in [1.807, 2.05) is 0 Å². The molecular weight excluding hydrogens is 835 g/mol. The lowest BCUT2D eigenvalue weighted by Crippen LogP contribution is -2.28. The highest BCUT2D eigenvalue weighted by atomic mass is 15.1. The molecule has 0 N–H and O–H groups in total. The minimum Gasteiger partial charge on any atom is -0.310 e. The highest BCUT2D eigenvalue weighted by molar-refractivity contribution is 6.29. The summed E-state index contributed by atoms with van der Waals surface area (Å²) in [7, 11) is 0. The topological polar surface area (TPSA) is 21.1 Å². The van der Waals surface area contributed by atoms with Crippen LogP contribution in [0.5, 0.6) is 0 Å². The zero-order chi connectivity index (χ0) is 45.5. The van der Waals surface area contributed by atoms with Gasteiger partial charge in [-0.2, -0.15) is 0 Å².